The Morgan fingerprint density at radius 1 is 1.42 bits per heavy atom. The van der Waals surface area contributed by atoms with Crippen molar-refractivity contribution in [3.63, 3.8) is 0 Å². The van der Waals surface area contributed by atoms with E-state index in [2.05, 4.69) is 13.0 Å². The fourth-order valence-corrected chi connectivity index (χ4v) is 2.08. The van der Waals surface area contributed by atoms with E-state index in [0.717, 1.165) is 18.9 Å². The van der Waals surface area contributed by atoms with Gasteiger partial charge in [-0.15, -0.1) is 0 Å². The van der Waals surface area contributed by atoms with E-state index in [-0.39, 0.29) is 0 Å². The zero-order chi connectivity index (χ0) is 8.81. The molecule has 0 bridgehead atoms. The third kappa shape index (κ3) is 3.40. The first-order valence-corrected chi connectivity index (χ1v) is 5.18. The first-order chi connectivity index (χ1) is 5.83. The van der Waals surface area contributed by atoms with E-state index in [4.69, 9.17) is 5.73 Å². The number of hydrogen-bond acceptors (Lipinski definition) is 1. The average Bonchev–Trinajstić information content (AvgIpc) is 2.53. The van der Waals surface area contributed by atoms with Crippen LogP contribution in [-0.4, -0.2) is 6.54 Å². The van der Waals surface area contributed by atoms with Gasteiger partial charge in [0.05, 0.1) is 0 Å². The van der Waals surface area contributed by atoms with E-state index in [9.17, 15) is 0 Å². The minimum Gasteiger partial charge on any atom is -0.330 e. The molecule has 0 unspecified atom stereocenters. The van der Waals surface area contributed by atoms with Crippen molar-refractivity contribution in [3.8, 4) is 0 Å². The molecule has 2 N–H and O–H groups in total. The lowest BCUT2D eigenvalue weighted by atomic mass is 9.98. The molecule has 1 heteroatoms. The second-order valence-electron chi connectivity index (χ2n) is 3.98. The molecule has 1 nitrogen and oxygen atoms in total. The van der Waals surface area contributed by atoms with Crippen LogP contribution in [0.5, 0.6) is 0 Å². The van der Waals surface area contributed by atoms with Gasteiger partial charge in [0.25, 0.3) is 0 Å². The molecule has 1 rings (SSSR count). The third-order valence-corrected chi connectivity index (χ3v) is 2.74. The van der Waals surface area contributed by atoms with Gasteiger partial charge in [-0.05, 0) is 32.2 Å². The van der Waals surface area contributed by atoms with Crippen LogP contribution in [0.1, 0.15) is 45.4 Å². The van der Waals surface area contributed by atoms with Crippen LogP contribution in [0, 0.1) is 5.92 Å². The van der Waals surface area contributed by atoms with Crippen molar-refractivity contribution in [1.82, 2.24) is 0 Å². The molecule has 0 aromatic carbocycles. The van der Waals surface area contributed by atoms with E-state index < -0.39 is 0 Å². The molecule has 0 spiro atoms. The van der Waals surface area contributed by atoms with Crippen LogP contribution in [0.15, 0.2) is 11.6 Å². The predicted octanol–water partition coefficient (Wildman–Crippen LogP) is 2.86. The van der Waals surface area contributed by atoms with E-state index in [1.54, 1.807) is 5.57 Å². The molecule has 0 amide bonds. The van der Waals surface area contributed by atoms with Crippen molar-refractivity contribution in [2.75, 3.05) is 6.54 Å². The summed E-state index contributed by atoms with van der Waals surface area (Å²) in [5.41, 5.74) is 6.99. The molecule has 0 aromatic heterocycles. The largest absolute Gasteiger partial charge is 0.330 e. The van der Waals surface area contributed by atoms with Crippen molar-refractivity contribution in [2.45, 2.75) is 45.4 Å². The van der Waals surface area contributed by atoms with Gasteiger partial charge < -0.3 is 5.73 Å². The van der Waals surface area contributed by atoms with E-state index in [0.29, 0.717) is 0 Å². The first kappa shape index (κ1) is 9.79. The predicted molar refractivity (Wildman–Crippen MR) is 54.0 cm³/mol. The molecule has 0 saturated heterocycles. The lowest BCUT2D eigenvalue weighted by Gasteiger charge is -2.08. The van der Waals surface area contributed by atoms with E-state index >= 15 is 0 Å². The number of rotatable bonds is 4. The number of hydrogen-bond donors (Lipinski definition) is 1. The van der Waals surface area contributed by atoms with Crippen LogP contribution >= 0.6 is 0 Å². The molecule has 0 heterocycles. The molecule has 1 aliphatic rings. The van der Waals surface area contributed by atoms with Crippen LogP contribution in [-0.2, 0) is 0 Å². The number of allylic oxidation sites excluding steroid dienone is 1. The quantitative estimate of drug-likeness (QED) is 0.640. The molecule has 0 atom stereocenters. The van der Waals surface area contributed by atoms with Crippen LogP contribution < -0.4 is 5.73 Å². The standard InChI is InChI=1S/C11H21N/c1-10(5-4-8-12)9-11-6-2-3-7-11/h5,11H,2-4,6-9,12H2,1H3. The fraction of sp³-hybridized carbons (Fsp3) is 0.818. The van der Waals surface area contributed by atoms with Gasteiger partial charge in [0, 0.05) is 0 Å². The Labute approximate surface area is 76.0 Å². The second kappa shape index (κ2) is 5.36. The summed E-state index contributed by atoms with van der Waals surface area (Å²) in [5, 5.41) is 0. The van der Waals surface area contributed by atoms with Gasteiger partial charge in [-0.25, -0.2) is 0 Å². The minimum atomic E-state index is 0.794. The Hall–Kier alpha value is -0.300. The van der Waals surface area contributed by atoms with Crippen LogP contribution in [0.25, 0.3) is 0 Å². The summed E-state index contributed by atoms with van der Waals surface area (Å²) in [5.74, 6) is 0.985. The monoisotopic (exact) mass is 167 g/mol. The maximum absolute atomic E-state index is 5.44. The second-order valence-corrected chi connectivity index (χ2v) is 3.98. The van der Waals surface area contributed by atoms with Crippen molar-refractivity contribution in [3.05, 3.63) is 11.6 Å². The summed E-state index contributed by atoms with van der Waals surface area (Å²) in [6.45, 7) is 3.04. The molecule has 1 saturated carbocycles. The Morgan fingerprint density at radius 2 is 2.08 bits per heavy atom. The Kier molecular flexibility index (Phi) is 4.37. The molecular formula is C11H21N. The van der Waals surface area contributed by atoms with Gasteiger partial charge in [0.2, 0.25) is 0 Å². The van der Waals surface area contributed by atoms with Crippen molar-refractivity contribution >= 4 is 0 Å². The smallest absolute Gasteiger partial charge is 0.00425 e. The molecular weight excluding hydrogens is 146 g/mol. The van der Waals surface area contributed by atoms with Gasteiger partial charge in [0.15, 0.2) is 0 Å². The molecule has 1 aliphatic carbocycles. The highest BCUT2D eigenvalue weighted by Crippen LogP contribution is 2.29. The van der Waals surface area contributed by atoms with Gasteiger partial charge in [-0.2, -0.15) is 0 Å². The van der Waals surface area contributed by atoms with Crippen molar-refractivity contribution < 1.29 is 0 Å². The summed E-state index contributed by atoms with van der Waals surface area (Å²) >= 11 is 0. The maximum atomic E-state index is 5.44. The van der Waals surface area contributed by atoms with Crippen molar-refractivity contribution in [2.24, 2.45) is 11.7 Å². The first-order valence-electron chi connectivity index (χ1n) is 5.18. The van der Waals surface area contributed by atoms with Crippen LogP contribution in [0.3, 0.4) is 0 Å². The molecule has 0 radical (unpaired) electrons. The van der Waals surface area contributed by atoms with Gasteiger partial charge >= 0.3 is 0 Å². The highest BCUT2D eigenvalue weighted by molar-refractivity contribution is 4.99. The van der Waals surface area contributed by atoms with Gasteiger partial charge in [0.1, 0.15) is 0 Å². The fourth-order valence-electron chi connectivity index (χ4n) is 2.08. The highest BCUT2D eigenvalue weighted by Gasteiger charge is 2.14. The molecule has 0 aliphatic heterocycles. The van der Waals surface area contributed by atoms with Crippen LogP contribution in [0.4, 0.5) is 0 Å². The van der Waals surface area contributed by atoms with E-state index in [1.807, 2.05) is 0 Å². The maximum Gasteiger partial charge on any atom is -0.00425 e. The summed E-state index contributed by atoms with van der Waals surface area (Å²) < 4.78 is 0. The summed E-state index contributed by atoms with van der Waals surface area (Å²) in [7, 11) is 0. The zero-order valence-electron chi connectivity index (χ0n) is 8.18. The zero-order valence-corrected chi connectivity index (χ0v) is 8.18. The summed E-state index contributed by atoms with van der Waals surface area (Å²) in [6.07, 6.45) is 10.5. The summed E-state index contributed by atoms with van der Waals surface area (Å²) in [4.78, 5) is 0. The molecule has 70 valence electrons. The molecule has 12 heavy (non-hydrogen) atoms. The Balaban J connectivity index is 2.19. The summed E-state index contributed by atoms with van der Waals surface area (Å²) in [6, 6.07) is 0. The van der Waals surface area contributed by atoms with Crippen LogP contribution in [0.2, 0.25) is 0 Å². The molecule has 1 fully saturated rings. The Bertz CT molecular complexity index is 143. The van der Waals surface area contributed by atoms with Gasteiger partial charge in [-0.1, -0.05) is 37.3 Å². The normalized spacial score (nSPS) is 20.3. The van der Waals surface area contributed by atoms with Gasteiger partial charge in [-0.3, -0.25) is 0 Å². The average molecular weight is 167 g/mol. The minimum absolute atomic E-state index is 0.794. The topological polar surface area (TPSA) is 26.0 Å². The van der Waals surface area contributed by atoms with E-state index in [1.165, 1.54) is 32.1 Å². The third-order valence-electron chi connectivity index (χ3n) is 2.74. The lowest BCUT2D eigenvalue weighted by molar-refractivity contribution is 0.542. The molecule has 0 aromatic rings. The highest BCUT2D eigenvalue weighted by atomic mass is 14.5. The number of nitrogens with two attached hydrogens (primary N) is 1. The van der Waals surface area contributed by atoms with Crippen molar-refractivity contribution in [1.29, 1.82) is 0 Å². The Morgan fingerprint density at radius 3 is 2.67 bits per heavy atom. The SMILES string of the molecule is CC(=CCCN)CC1CCCC1. The lowest BCUT2D eigenvalue weighted by Crippen LogP contribution is -1.98.